The average molecular weight is 680 g/mol. The van der Waals surface area contributed by atoms with E-state index in [1.807, 2.05) is 23.3 Å². The molecule has 5 amide bonds. The van der Waals surface area contributed by atoms with Crippen molar-refractivity contribution in [1.29, 1.82) is 0 Å². The summed E-state index contributed by atoms with van der Waals surface area (Å²) in [5, 5.41) is 13.8. The van der Waals surface area contributed by atoms with Crippen LogP contribution in [-0.2, 0) is 21.1 Å². The lowest BCUT2D eigenvalue weighted by molar-refractivity contribution is -0.133. The minimum atomic E-state index is -3.50. The van der Waals surface area contributed by atoms with Crippen molar-refractivity contribution in [1.82, 2.24) is 19.6 Å². The molecule has 0 aliphatic carbocycles. The number of rotatable bonds is 8. The minimum absolute atomic E-state index is 0.0527. The Labute approximate surface area is 270 Å². The molecule has 0 spiro atoms. The molecule has 1 saturated heterocycles. The number of hydrogen-bond donors (Lipinski definition) is 2. The molecular weight excluding hydrogens is 645 g/mol. The number of halogens is 2. The number of piperidine rings is 1. The number of amides is 5. The number of likely N-dealkylation sites (tertiary alicyclic amines) is 1. The van der Waals surface area contributed by atoms with E-state index in [-0.39, 0.29) is 47.2 Å². The molecule has 0 bridgehead atoms. The van der Waals surface area contributed by atoms with E-state index in [2.05, 4.69) is 11.4 Å². The van der Waals surface area contributed by atoms with E-state index in [1.165, 1.54) is 18.3 Å². The van der Waals surface area contributed by atoms with Gasteiger partial charge in [-0.1, -0.05) is 23.7 Å². The number of thioether (sulfide) groups is 1. The predicted octanol–water partition coefficient (Wildman–Crippen LogP) is 3.72. The number of hydrogen-bond acceptors (Lipinski definition) is 7. The number of nitrogens with one attached hydrogen (secondary N) is 1. The minimum Gasteiger partial charge on any atom is -0.369 e. The highest BCUT2D eigenvalue weighted by molar-refractivity contribution is 7.98. The van der Waals surface area contributed by atoms with Gasteiger partial charge in [0, 0.05) is 66.4 Å². The van der Waals surface area contributed by atoms with Crippen molar-refractivity contribution < 1.29 is 32.3 Å². The summed E-state index contributed by atoms with van der Waals surface area (Å²) in [6, 6.07) is 9.00. The summed E-state index contributed by atoms with van der Waals surface area (Å²) in [7, 11) is -3.50. The highest BCUT2D eigenvalue weighted by Gasteiger charge is 2.38. The zero-order chi connectivity index (χ0) is 32.5. The van der Waals surface area contributed by atoms with Gasteiger partial charge in [-0.05, 0) is 55.3 Å². The largest absolute Gasteiger partial charge is 0.369 e. The maximum atomic E-state index is 14.3. The van der Waals surface area contributed by atoms with Crippen LogP contribution >= 0.6 is 23.4 Å². The molecule has 2 aromatic carbocycles. The van der Waals surface area contributed by atoms with Crippen LogP contribution in [0.4, 0.5) is 19.7 Å². The van der Waals surface area contributed by atoms with Crippen molar-refractivity contribution in [2.24, 2.45) is 0 Å². The van der Waals surface area contributed by atoms with Crippen molar-refractivity contribution in [2.45, 2.75) is 36.4 Å². The molecule has 1 unspecified atom stereocenters. The van der Waals surface area contributed by atoms with E-state index in [0.29, 0.717) is 38.9 Å². The van der Waals surface area contributed by atoms with E-state index >= 15 is 0 Å². The van der Waals surface area contributed by atoms with E-state index < -0.39 is 33.7 Å². The predicted molar refractivity (Wildman–Crippen MR) is 171 cm³/mol. The number of carbonyl (C=O) groups excluding carboxylic acids is 3. The van der Waals surface area contributed by atoms with Crippen molar-refractivity contribution in [2.75, 3.05) is 56.3 Å². The highest BCUT2D eigenvalue weighted by Crippen LogP contribution is 2.33. The van der Waals surface area contributed by atoms with Gasteiger partial charge in [0.2, 0.25) is 5.91 Å². The molecule has 15 heteroatoms. The smallest absolute Gasteiger partial charge is 0.326 e. The quantitative estimate of drug-likeness (QED) is 0.407. The van der Waals surface area contributed by atoms with Gasteiger partial charge in [-0.3, -0.25) is 14.6 Å². The lowest BCUT2D eigenvalue weighted by Crippen LogP contribution is -2.55. The second kappa shape index (κ2) is 13.6. The Morgan fingerprint density at radius 2 is 1.89 bits per heavy atom. The van der Waals surface area contributed by atoms with Gasteiger partial charge in [-0.25, -0.2) is 22.4 Å². The van der Waals surface area contributed by atoms with E-state index in [0.717, 1.165) is 38.3 Å². The molecule has 11 nitrogen and oxygen atoms in total. The van der Waals surface area contributed by atoms with Crippen LogP contribution in [0.15, 0.2) is 47.5 Å². The fraction of sp³-hybridized carbons (Fsp3) is 0.433. The number of aliphatic hydroxyl groups is 1. The lowest BCUT2D eigenvalue weighted by atomic mass is 10.0. The van der Waals surface area contributed by atoms with Gasteiger partial charge in [0.25, 0.3) is 0 Å². The number of carbonyl (C=O) groups is 3. The Bertz CT molecular complexity index is 1630. The first-order chi connectivity index (χ1) is 21.4. The number of urea groups is 2. The summed E-state index contributed by atoms with van der Waals surface area (Å²) in [6.07, 6.45) is 4.49. The number of fused-ring (bicyclic) bond motifs is 1. The number of nitrogens with zero attached hydrogens (tertiary/aromatic N) is 4. The first-order valence-corrected chi connectivity index (χ1v) is 18.1. The fourth-order valence-corrected chi connectivity index (χ4v) is 7.06. The van der Waals surface area contributed by atoms with Gasteiger partial charge in [0.05, 0.1) is 10.8 Å². The third-order valence-corrected chi connectivity index (χ3v) is 10.4. The number of benzene rings is 2. The molecule has 3 aliphatic heterocycles. The molecule has 1 atom stereocenters. The molecule has 0 radical (unpaired) electrons. The number of anilines is 1. The van der Waals surface area contributed by atoms with Gasteiger partial charge < -0.3 is 20.2 Å². The first-order valence-electron chi connectivity index (χ1n) is 14.5. The standard InChI is InChI=1S/C30H35ClFN5O6S2/c1-44-21-6-7-25-19(16-21)8-13-36(29(40)33-25)20-9-11-34(12-10-20)26(38)18-35-17-23(22-4-3-5-24(32)27(22)31)28(39)37(30(35)41)14-15-45(2,42)43/h3-7,16-17,20,28,39H,8-15,18H2,1-2H3,(H,33,40). The van der Waals surface area contributed by atoms with Crippen LogP contribution < -0.4 is 5.32 Å². The summed E-state index contributed by atoms with van der Waals surface area (Å²) in [4.78, 5) is 46.5. The maximum absolute atomic E-state index is 14.3. The summed E-state index contributed by atoms with van der Waals surface area (Å²) in [5.41, 5.74) is 2.06. The molecule has 3 aliphatic rings. The Balaban J connectivity index is 1.27. The molecule has 1 fully saturated rings. The third-order valence-electron chi connectivity index (χ3n) is 8.33. The molecule has 0 aromatic heterocycles. The van der Waals surface area contributed by atoms with E-state index in [9.17, 15) is 32.3 Å². The SMILES string of the molecule is CSc1ccc2c(c1)CCN(C1CCN(C(=O)CN3C=C(c4cccc(F)c4Cl)C(O)N(CCS(C)(=O)=O)C3=O)CC1)C(=O)N2. The van der Waals surface area contributed by atoms with Gasteiger partial charge in [-0.15, -0.1) is 11.8 Å². The van der Waals surface area contributed by atoms with Crippen molar-refractivity contribution in [3.8, 4) is 0 Å². The maximum Gasteiger partial charge on any atom is 0.326 e. The van der Waals surface area contributed by atoms with E-state index in [1.54, 1.807) is 16.7 Å². The van der Waals surface area contributed by atoms with Crippen LogP contribution in [0.1, 0.15) is 24.0 Å². The molecular formula is C30H35ClFN5O6S2. The Morgan fingerprint density at radius 3 is 2.58 bits per heavy atom. The summed E-state index contributed by atoms with van der Waals surface area (Å²) in [5.74, 6) is -1.53. The summed E-state index contributed by atoms with van der Waals surface area (Å²) < 4.78 is 38.0. The Kier molecular flexibility index (Phi) is 9.97. The normalized spacial score (nSPS) is 19.7. The van der Waals surface area contributed by atoms with Crippen LogP contribution in [0.25, 0.3) is 5.57 Å². The van der Waals surface area contributed by atoms with Crippen molar-refractivity contribution in [3.63, 3.8) is 0 Å². The van der Waals surface area contributed by atoms with Crippen molar-refractivity contribution in [3.05, 3.63) is 64.6 Å². The van der Waals surface area contributed by atoms with Crippen LogP contribution in [0.3, 0.4) is 0 Å². The van der Waals surface area contributed by atoms with Gasteiger partial charge in [0.15, 0.2) is 6.23 Å². The van der Waals surface area contributed by atoms with E-state index in [4.69, 9.17) is 11.6 Å². The monoisotopic (exact) mass is 679 g/mol. The van der Waals surface area contributed by atoms with Crippen LogP contribution in [0.2, 0.25) is 5.02 Å². The first kappa shape index (κ1) is 33.0. The topological polar surface area (TPSA) is 131 Å². The number of sulfone groups is 1. The molecule has 242 valence electrons. The van der Waals surface area contributed by atoms with Gasteiger partial charge >= 0.3 is 12.1 Å². The fourth-order valence-electron chi connectivity index (χ4n) is 5.83. The zero-order valence-corrected chi connectivity index (χ0v) is 27.3. The Hall–Kier alpha value is -3.33. The average Bonchev–Trinajstić information content (AvgIpc) is 3.17. The van der Waals surface area contributed by atoms with Crippen LogP contribution in [-0.4, -0.2) is 114 Å². The molecule has 2 aromatic rings. The molecule has 3 heterocycles. The van der Waals surface area contributed by atoms with Crippen LogP contribution in [0.5, 0.6) is 0 Å². The van der Waals surface area contributed by atoms with Crippen LogP contribution in [0, 0.1) is 5.82 Å². The molecule has 45 heavy (non-hydrogen) atoms. The third kappa shape index (κ3) is 7.40. The molecule has 2 N–H and O–H groups in total. The summed E-state index contributed by atoms with van der Waals surface area (Å²) in [6.45, 7) is 0.551. The molecule has 5 rings (SSSR count). The van der Waals surface area contributed by atoms with Gasteiger partial charge in [0.1, 0.15) is 22.2 Å². The lowest BCUT2D eigenvalue weighted by Gasteiger charge is -2.40. The second-order valence-corrected chi connectivity index (χ2v) is 14.8. The Morgan fingerprint density at radius 1 is 1.16 bits per heavy atom. The second-order valence-electron chi connectivity index (χ2n) is 11.3. The highest BCUT2D eigenvalue weighted by atomic mass is 35.5. The summed E-state index contributed by atoms with van der Waals surface area (Å²) >= 11 is 7.83. The van der Waals surface area contributed by atoms with Gasteiger partial charge in [-0.2, -0.15) is 0 Å². The molecule has 0 saturated carbocycles. The zero-order valence-electron chi connectivity index (χ0n) is 24.9. The number of aliphatic hydroxyl groups excluding tert-OH is 1. The van der Waals surface area contributed by atoms with Crippen molar-refractivity contribution >= 4 is 62.4 Å².